The fourth-order valence-electron chi connectivity index (χ4n) is 6.79. The average Bonchev–Trinajstić information content (AvgIpc) is 3.27. The molecule has 5 nitrogen and oxygen atoms in total. The zero-order chi connectivity index (χ0) is 28.7. The minimum absolute atomic E-state index is 0.310. The number of aryl methyl sites for hydroxylation is 2. The van der Waals surface area contributed by atoms with Gasteiger partial charge in [-0.2, -0.15) is 0 Å². The molecule has 0 fully saturated rings. The number of carbonyl (C=O) groups excluding carboxylic acids is 1. The standard InChI is InChI=1S/C36H37N3O2/c1-6-38(7-2)26-20-21-29(24(4)23-26)36(34-25(5)39(8-3)32-19-12-11-15-28(32)34)30-17-14-16-27(33(30)35(40)41-36)31-18-10-9-13-22-37-31/h9-23,37H,6-8H2,1-5H3. The summed E-state index contributed by atoms with van der Waals surface area (Å²) in [6.07, 6.45) is 9.78. The number of ether oxygens (including phenoxy) is 1. The Kier molecular flexibility index (Phi) is 6.82. The Balaban J connectivity index is 1.71. The molecule has 1 aromatic heterocycles. The molecule has 41 heavy (non-hydrogen) atoms. The van der Waals surface area contributed by atoms with Gasteiger partial charge < -0.3 is 19.5 Å². The lowest BCUT2D eigenvalue weighted by Crippen LogP contribution is -2.32. The van der Waals surface area contributed by atoms with Crippen LogP contribution in [-0.4, -0.2) is 23.6 Å². The number of benzene rings is 3. The first-order chi connectivity index (χ1) is 20.0. The molecular weight excluding hydrogens is 506 g/mol. The maximum absolute atomic E-state index is 14.2. The third-order valence-electron chi connectivity index (χ3n) is 8.62. The molecule has 6 rings (SSSR count). The predicted molar refractivity (Wildman–Crippen MR) is 168 cm³/mol. The van der Waals surface area contributed by atoms with Gasteiger partial charge in [0.25, 0.3) is 0 Å². The molecule has 5 heteroatoms. The molecule has 0 aliphatic carbocycles. The first kappa shape index (κ1) is 26.7. The third-order valence-corrected chi connectivity index (χ3v) is 8.62. The molecule has 1 atom stereocenters. The molecule has 1 N–H and O–H groups in total. The number of nitrogens with one attached hydrogen (secondary N) is 1. The summed E-state index contributed by atoms with van der Waals surface area (Å²) in [6.45, 7) is 13.5. The number of cyclic esters (lactones) is 1. The van der Waals surface area contributed by atoms with Crippen molar-refractivity contribution in [2.45, 2.75) is 46.8 Å². The van der Waals surface area contributed by atoms with Crippen molar-refractivity contribution in [3.63, 3.8) is 0 Å². The zero-order valence-corrected chi connectivity index (χ0v) is 24.5. The van der Waals surface area contributed by atoms with Gasteiger partial charge in [0.1, 0.15) is 0 Å². The molecule has 4 aromatic rings. The van der Waals surface area contributed by atoms with Gasteiger partial charge in [0, 0.05) is 76.1 Å². The molecule has 0 amide bonds. The Bertz CT molecular complexity index is 1750. The minimum atomic E-state index is -1.10. The lowest BCUT2D eigenvalue weighted by Gasteiger charge is -2.33. The largest absolute Gasteiger partial charge is 0.440 e. The first-order valence-corrected chi connectivity index (χ1v) is 14.6. The monoisotopic (exact) mass is 543 g/mol. The number of allylic oxidation sites excluding steroid dienone is 4. The van der Waals surface area contributed by atoms with Gasteiger partial charge in [-0.1, -0.05) is 54.6 Å². The Morgan fingerprint density at radius 3 is 2.46 bits per heavy atom. The van der Waals surface area contributed by atoms with Gasteiger partial charge in [-0.25, -0.2) is 4.79 Å². The highest BCUT2D eigenvalue weighted by atomic mass is 16.6. The van der Waals surface area contributed by atoms with Crippen LogP contribution in [0, 0.1) is 13.8 Å². The zero-order valence-electron chi connectivity index (χ0n) is 24.5. The number of para-hydroxylation sites is 1. The number of fused-ring (bicyclic) bond motifs is 2. The van der Waals surface area contributed by atoms with Crippen molar-refractivity contribution in [2.75, 3.05) is 18.0 Å². The summed E-state index contributed by atoms with van der Waals surface area (Å²) in [5.41, 5.74) is 8.59. The third kappa shape index (κ3) is 4.02. The van der Waals surface area contributed by atoms with Crippen LogP contribution < -0.4 is 10.2 Å². The van der Waals surface area contributed by atoms with Crippen molar-refractivity contribution in [3.05, 3.63) is 130 Å². The van der Waals surface area contributed by atoms with E-state index in [2.05, 4.69) is 97.9 Å². The van der Waals surface area contributed by atoms with Crippen LogP contribution in [0.1, 0.15) is 64.6 Å². The van der Waals surface area contributed by atoms with Crippen LogP contribution in [0.3, 0.4) is 0 Å². The fourth-order valence-corrected chi connectivity index (χ4v) is 6.79. The van der Waals surface area contributed by atoms with E-state index in [0.717, 1.165) is 69.7 Å². The summed E-state index contributed by atoms with van der Waals surface area (Å²) in [7, 11) is 0. The molecule has 3 heterocycles. The van der Waals surface area contributed by atoms with Crippen molar-refractivity contribution < 1.29 is 9.53 Å². The van der Waals surface area contributed by atoms with Crippen molar-refractivity contribution in [3.8, 4) is 0 Å². The molecule has 0 saturated heterocycles. The smallest absolute Gasteiger partial charge is 0.340 e. The fraction of sp³-hybridized carbons (Fsp3) is 0.250. The van der Waals surface area contributed by atoms with Gasteiger partial charge in [-0.15, -0.1) is 0 Å². The molecule has 0 radical (unpaired) electrons. The van der Waals surface area contributed by atoms with Gasteiger partial charge >= 0.3 is 5.97 Å². The van der Waals surface area contributed by atoms with Gasteiger partial charge in [0.15, 0.2) is 5.60 Å². The Labute approximate surface area is 242 Å². The molecule has 0 saturated carbocycles. The van der Waals surface area contributed by atoms with E-state index in [4.69, 9.17) is 4.74 Å². The first-order valence-electron chi connectivity index (χ1n) is 14.6. The van der Waals surface area contributed by atoms with E-state index in [1.165, 1.54) is 5.69 Å². The van der Waals surface area contributed by atoms with Gasteiger partial charge in [-0.05, 0) is 70.5 Å². The maximum atomic E-state index is 14.2. The second-order valence-electron chi connectivity index (χ2n) is 10.7. The van der Waals surface area contributed by atoms with Gasteiger partial charge in [0.2, 0.25) is 0 Å². The Morgan fingerprint density at radius 1 is 0.902 bits per heavy atom. The van der Waals surface area contributed by atoms with E-state index in [0.29, 0.717) is 5.56 Å². The van der Waals surface area contributed by atoms with Crippen LogP contribution in [-0.2, 0) is 16.9 Å². The molecule has 3 aromatic carbocycles. The van der Waals surface area contributed by atoms with Crippen molar-refractivity contribution in [2.24, 2.45) is 0 Å². The number of anilines is 1. The van der Waals surface area contributed by atoms with Crippen molar-refractivity contribution in [1.29, 1.82) is 0 Å². The van der Waals surface area contributed by atoms with E-state index >= 15 is 0 Å². The van der Waals surface area contributed by atoms with Crippen LogP contribution in [0.15, 0.2) is 91.2 Å². The molecule has 0 spiro atoms. The number of carbonyl (C=O) groups is 1. The number of hydrogen-bond donors (Lipinski definition) is 1. The molecule has 1 unspecified atom stereocenters. The summed E-state index contributed by atoms with van der Waals surface area (Å²) in [6, 6.07) is 21.2. The van der Waals surface area contributed by atoms with Crippen LogP contribution in [0.2, 0.25) is 0 Å². The number of aromatic nitrogens is 1. The van der Waals surface area contributed by atoms with Crippen molar-refractivity contribution >= 4 is 28.3 Å². The second kappa shape index (κ2) is 10.5. The number of nitrogens with zero attached hydrogens (tertiary/aromatic N) is 2. The average molecular weight is 544 g/mol. The lowest BCUT2D eigenvalue weighted by molar-refractivity contribution is 0.0252. The predicted octanol–water partition coefficient (Wildman–Crippen LogP) is 7.60. The Hall–Kier alpha value is -4.51. The topological polar surface area (TPSA) is 46.5 Å². The highest BCUT2D eigenvalue weighted by Gasteiger charge is 2.52. The SMILES string of the molecule is CCN(CC)c1ccc(C2(c3c(C)n(CC)c4ccccc34)OC(=O)c3c(C4=CC=CC=CN4)cccc32)c(C)c1. The molecule has 0 bridgehead atoms. The summed E-state index contributed by atoms with van der Waals surface area (Å²) in [4.78, 5) is 16.5. The van der Waals surface area contributed by atoms with E-state index in [9.17, 15) is 4.79 Å². The normalized spacial score (nSPS) is 17.7. The lowest BCUT2D eigenvalue weighted by atomic mass is 9.76. The van der Waals surface area contributed by atoms with E-state index in [-0.39, 0.29) is 5.97 Å². The highest BCUT2D eigenvalue weighted by molar-refractivity contribution is 6.03. The highest BCUT2D eigenvalue weighted by Crippen LogP contribution is 2.53. The second-order valence-corrected chi connectivity index (χ2v) is 10.7. The van der Waals surface area contributed by atoms with Crippen LogP contribution in [0.4, 0.5) is 5.69 Å². The van der Waals surface area contributed by atoms with Gasteiger partial charge in [-0.3, -0.25) is 0 Å². The number of esters is 1. The quantitative estimate of drug-likeness (QED) is 0.244. The maximum Gasteiger partial charge on any atom is 0.340 e. The van der Waals surface area contributed by atoms with Gasteiger partial charge in [0.05, 0.1) is 5.56 Å². The molecule has 2 aliphatic rings. The molecule has 2 aliphatic heterocycles. The van der Waals surface area contributed by atoms with Crippen LogP contribution >= 0.6 is 0 Å². The van der Waals surface area contributed by atoms with Crippen LogP contribution in [0.5, 0.6) is 0 Å². The van der Waals surface area contributed by atoms with E-state index in [1.54, 1.807) is 0 Å². The molecular formula is C36H37N3O2. The van der Waals surface area contributed by atoms with Crippen LogP contribution in [0.25, 0.3) is 16.6 Å². The summed E-state index contributed by atoms with van der Waals surface area (Å²) < 4.78 is 9.10. The number of hydrogen-bond acceptors (Lipinski definition) is 4. The van der Waals surface area contributed by atoms with E-state index in [1.807, 2.05) is 42.6 Å². The Morgan fingerprint density at radius 2 is 1.71 bits per heavy atom. The minimum Gasteiger partial charge on any atom is -0.440 e. The van der Waals surface area contributed by atoms with Crippen molar-refractivity contribution in [1.82, 2.24) is 9.88 Å². The summed E-state index contributed by atoms with van der Waals surface area (Å²) in [5.74, 6) is -0.310. The van der Waals surface area contributed by atoms with E-state index < -0.39 is 5.60 Å². The number of rotatable bonds is 7. The molecule has 208 valence electrons. The summed E-state index contributed by atoms with van der Waals surface area (Å²) in [5, 5.41) is 4.45. The summed E-state index contributed by atoms with van der Waals surface area (Å²) >= 11 is 0.